The number of nitrogens with zero attached hydrogens (tertiary/aromatic N) is 6. The Labute approximate surface area is 164 Å². The third-order valence-electron chi connectivity index (χ3n) is 5.47. The molecule has 8 nitrogen and oxygen atoms in total. The standard InChI is InChI=1S/C20H26N6O2/c27-19(24-8-2-1-3-9-24)18-14-22-26(16-18)20(28)25-12-10-23(11-13-25)15-17-4-6-21-7-5-17/h4-7,14,16H,1-3,8-13,15H2. The molecule has 0 unspecified atom stereocenters. The molecule has 0 radical (unpaired) electrons. The predicted molar refractivity (Wildman–Crippen MR) is 104 cm³/mol. The van der Waals surface area contributed by atoms with Crippen LogP contribution in [0.15, 0.2) is 36.9 Å². The van der Waals surface area contributed by atoms with Gasteiger partial charge in [-0.25, -0.2) is 4.79 Å². The molecule has 4 heterocycles. The topological polar surface area (TPSA) is 74.6 Å². The van der Waals surface area contributed by atoms with E-state index < -0.39 is 0 Å². The highest BCUT2D eigenvalue weighted by Gasteiger charge is 2.25. The molecule has 28 heavy (non-hydrogen) atoms. The first-order valence-electron chi connectivity index (χ1n) is 9.95. The van der Waals surface area contributed by atoms with Crippen LogP contribution in [0.25, 0.3) is 0 Å². The second-order valence-electron chi connectivity index (χ2n) is 7.43. The first-order chi connectivity index (χ1) is 13.7. The number of hydrogen-bond donors (Lipinski definition) is 0. The summed E-state index contributed by atoms with van der Waals surface area (Å²) in [5, 5.41) is 4.15. The smallest absolute Gasteiger partial charge is 0.339 e. The van der Waals surface area contributed by atoms with Crippen LogP contribution in [0, 0.1) is 0 Å². The van der Waals surface area contributed by atoms with Gasteiger partial charge in [0.25, 0.3) is 5.91 Å². The molecule has 2 aromatic heterocycles. The van der Waals surface area contributed by atoms with Crippen molar-refractivity contribution < 1.29 is 9.59 Å². The summed E-state index contributed by atoms with van der Waals surface area (Å²) in [6, 6.07) is 3.87. The third kappa shape index (κ3) is 4.22. The van der Waals surface area contributed by atoms with E-state index in [4.69, 9.17) is 0 Å². The Morgan fingerprint density at radius 3 is 2.32 bits per heavy atom. The molecule has 0 N–H and O–H groups in total. The van der Waals surface area contributed by atoms with E-state index >= 15 is 0 Å². The van der Waals surface area contributed by atoms with Gasteiger partial charge < -0.3 is 9.80 Å². The maximum Gasteiger partial charge on any atom is 0.344 e. The maximum atomic E-state index is 12.8. The van der Waals surface area contributed by atoms with Crippen molar-refractivity contribution in [3.8, 4) is 0 Å². The first-order valence-corrected chi connectivity index (χ1v) is 9.95. The molecule has 0 aromatic carbocycles. The summed E-state index contributed by atoms with van der Waals surface area (Å²) in [6.07, 6.45) is 9.95. The molecule has 0 spiro atoms. The second kappa shape index (κ2) is 8.52. The van der Waals surface area contributed by atoms with Gasteiger partial charge in [-0.3, -0.25) is 14.7 Å². The van der Waals surface area contributed by atoms with Crippen molar-refractivity contribution in [3.05, 3.63) is 48.0 Å². The molecular weight excluding hydrogens is 356 g/mol. The Kier molecular flexibility index (Phi) is 5.66. The molecular formula is C20H26N6O2. The molecule has 2 aliphatic heterocycles. The number of piperazine rings is 1. The van der Waals surface area contributed by atoms with Gasteiger partial charge in [-0.15, -0.1) is 0 Å². The molecule has 8 heteroatoms. The van der Waals surface area contributed by atoms with Gasteiger partial charge in [0.15, 0.2) is 0 Å². The molecule has 0 saturated carbocycles. The number of carbonyl (C=O) groups is 2. The van der Waals surface area contributed by atoms with Crippen molar-refractivity contribution in [1.82, 2.24) is 29.5 Å². The molecule has 148 valence electrons. The van der Waals surface area contributed by atoms with E-state index in [9.17, 15) is 9.59 Å². The van der Waals surface area contributed by atoms with Gasteiger partial charge in [0.2, 0.25) is 0 Å². The van der Waals surface area contributed by atoms with Crippen LogP contribution >= 0.6 is 0 Å². The summed E-state index contributed by atoms with van der Waals surface area (Å²) in [7, 11) is 0. The predicted octanol–water partition coefficient (Wildman–Crippen LogP) is 1.69. The molecule has 2 saturated heterocycles. The number of hydrogen-bond acceptors (Lipinski definition) is 5. The Morgan fingerprint density at radius 1 is 0.893 bits per heavy atom. The summed E-state index contributed by atoms with van der Waals surface area (Å²) in [4.78, 5) is 35.3. The SMILES string of the molecule is O=C(c1cnn(C(=O)N2CCN(Cc3ccncc3)CC2)c1)N1CCCCC1. The van der Waals surface area contributed by atoms with Crippen LogP contribution in [-0.4, -0.2) is 80.7 Å². The van der Waals surface area contributed by atoms with E-state index in [2.05, 4.69) is 15.0 Å². The van der Waals surface area contributed by atoms with Gasteiger partial charge in [0.05, 0.1) is 11.8 Å². The third-order valence-corrected chi connectivity index (χ3v) is 5.47. The lowest BCUT2D eigenvalue weighted by molar-refractivity contribution is 0.0724. The van der Waals surface area contributed by atoms with Gasteiger partial charge in [-0.1, -0.05) is 0 Å². The molecule has 0 aliphatic carbocycles. The fourth-order valence-electron chi connectivity index (χ4n) is 3.81. The average Bonchev–Trinajstić information content (AvgIpc) is 3.25. The Bertz CT molecular complexity index is 807. The van der Waals surface area contributed by atoms with E-state index in [1.165, 1.54) is 22.9 Å². The summed E-state index contributed by atoms with van der Waals surface area (Å²) in [6.45, 7) is 5.37. The zero-order chi connectivity index (χ0) is 19.3. The van der Waals surface area contributed by atoms with E-state index in [0.29, 0.717) is 18.7 Å². The number of amides is 2. The van der Waals surface area contributed by atoms with Crippen LogP contribution in [-0.2, 0) is 6.54 Å². The van der Waals surface area contributed by atoms with Crippen molar-refractivity contribution in [2.75, 3.05) is 39.3 Å². The van der Waals surface area contributed by atoms with Crippen molar-refractivity contribution in [1.29, 1.82) is 0 Å². The monoisotopic (exact) mass is 382 g/mol. The number of aromatic nitrogens is 3. The number of piperidine rings is 1. The minimum Gasteiger partial charge on any atom is -0.339 e. The van der Waals surface area contributed by atoms with Gasteiger partial charge in [-0.2, -0.15) is 9.78 Å². The summed E-state index contributed by atoms with van der Waals surface area (Å²) in [5.74, 6) is -0.0269. The quantitative estimate of drug-likeness (QED) is 0.808. The van der Waals surface area contributed by atoms with E-state index in [1.807, 2.05) is 17.0 Å². The first kappa shape index (κ1) is 18.6. The fraction of sp³-hybridized carbons (Fsp3) is 0.500. The molecule has 2 aliphatic rings. The largest absolute Gasteiger partial charge is 0.344 e. The van der Waals surface area contributed by atoms with Crippen LogP contribution in [0.5, 0.6) is 0 Å². The zero-order valence-corrected chi connectivity index (χ0v) is 16.0. The molecule has 2 amide bonds. The normalized spacial score (nSPS) is 18.3. The minimum absolute atomic E-state index is 0.0269. The number of rotatable bonds is 3. The Hall–Kier alpha value is -2.74. The molecule has 2 aromatic rings. The van der Waals surface area contributed by atoms with Crippen LogP contribution < -0.4 is 0 Å². The lowest BCUT2D eigenvalue weighted by atomic mass is 10.1. The summed E-state index contributed by atoms with van der Waals surface area (Å²) >= 11 is 0. The molecule has 0 bridgehead atoms. The van der Waals surface area contributed by atoms with Crippen LogP contribution in [0.2, 0.25) is 0 Å². The second-order valence-corrected chi connectivity index (χ2v) is 7.43. The van der Waals surface area contributed by atoms with E-state index in [1.54, 1.807) is 23.5 Å². The van der Waals surface area contributed by atoms with Gasteiger partial charge in [0, 0.05) is 64.4 Å². The lowest BCUT2D eigenvalue weighted by Crippen LogP contribution is -2.49. The van der Waals surface area contributed by atoms with Crippen LogP contribution in [0.4, 0.5) is 4.79 Å². The zero-order valence-electron chi connectivity index (χ0n) is 16.0. The summed E-state index contributed by atoms with van der Waals surface area (Å²) in [5.41, 5.74) is 1.72. The van der Waals surface area contributed by atoms with E-state index in [-0.39, 0.29) is 11.9 Å². The lowest BCUT2D eigenvalue weighted by Gasteiger charge is -2.34. The molecule has 2 fully saturated rings. The van der Waals surface area contributed by atoms with Gasteiger partial charge in [-0.05, 0) is 37.0 Å². The fourth-order valence-corrected chi connectivity index (χ4v) is 3.81. The maximum absolute atomic E-state index is 12.8. The molecule has 0 atom stereocenters. The minimum atomic E-state index is -0.166. The highest BCUT2D eigenvalue weighted by atomic mass is 16.2. The van der Waals surface area contributed by atoms with Gasteiger partial charge >= 0.3 is 6.03 Å². The Morgan fingerprint density at radius 2 is 1.61 bits per heavy atom. The van der Waals surface area contributed by atoms with Gasteiger partial charge in [0.1, 0.15) is 0 Å². The van der Waals surface area contributed by atoms with E-state index in [0.717, 1.165) is 45.6 Å². The van der Waals surface area contributed by atoms with Crippen LogP contribution in [0.3, 0.4) is 0 Å². The summed E-state index contributed by atoms with van der Waals surface area (Å²) < 4.78 is 1.30. The van der Waals surface area contributed by atoms with Crippen LogP contribution in [0.1, 0.15) is 35.2 Å². The van der Waals surface area contributed by atoms with Crippen molar-refractivity contribution in [2.24, 2.45) is 0 Å². The van der Waals surface area contributed by atoms with Crippen molar-refractivity contribution in [3.63, 3.8) is 0 Å². The van der Waals surface area contributed by atoms with Crippen molar-refractivity contribution >= 4 is 11.9 Å². The number of likely N-dealkylation sites (tertiary alicyclic amines) is 1. The average molecular weight is 382 g/mol. The number of pyridine rings is 1. The Balaban J connectivity index is 1.32. The van der Waals surface area contributed by atoms with Crippen molar-refractivity contribution in [2.45, 2.75) is 25.8 Å². The highest BCUT2D eigenvalue weighted by molar-refractivity contribution is 5.94. The molecule has 4 rings (SSSR count). The highest BCUT2D eigenvalue weighted by Crippen LogP contribution is 2.14. The number of carbonyl (C=O) groups excluding carboxylic acids is 2.